The van der Waals surface area contributed by atoms with Crippen molar-refractivity contribution in [2.75, 3.05) is 4.90 Å². The molecule has 0 amide bonds. The van der Waals surface area contributed by atoms with Crippen molar-refractivity contribution >= 4 is 50.8 Å². The van der Waals surface area contributed by atoms with Gasteiger partial charge in [0.1, 0.15) is 22.7 Å². The second kappa shape index (κ2) is 14.8. The quantitative estimate of drug-likeness (QED) is 0.176. The molecule has 2 spiro atoms. The Bertz CT molecular complexity index is 4170. The lowest BCUT2D eigenvalue weighted by Crippen LogP contribution is -2.32. The number of furan rings is 1. The van der Waals surface area contributed by atoms with Crippen LogP contribution in [0.3, 0.4) is 0 Å². The molecule has 4 heteroatoms. The molecule has 4 aliphatic rings. The first-order valence-corrected chi connectivity index (χ1v) is 25.6. The van der Waals surface area contributed by atoms with Crippen molar-refractivity contribution in [3.05, 3.63) is 293 Å². The van der Waals surface area contributed by atoms with E-state index in [1.165, 1.54) is 65.4 Å². The van der Waals surface area contributed by atoms with Gasteiger partial charge in [0, 0.05) is 48.6 Å². The third-order valence-electron chi connectivity index (χ3n) is 16.0. The summed E-state index contributed by atoms with van der Waals surface area (Å²) in [5.74, 6) is 1.76. The third-order valence-corrected chi connectivity index (χ3v) is 17.2. The predicted octanol–water partition coefficient (Wildman–Crippen LogP) is 18.0. The maximum Gasteiger partial charge on any atom is 0.136 e. The summed E-state index contributed by atoms with van der Waals surface area (Å²) in [7, 11) is 0. The van der Waals surface area contributed by atoms with E-state index >= 15 is 0 Å². The Balaban J connectivity index is 0.962. The zero-order valence-corrected chi connectivity index (χ0v) is 39.7. The zero-order valence-electron chi connectivity index (χ0n) is 38.8. The summed E-state index contributed by atoms with van der Waals surface area (Å²) < 4.78 is 13.1. The first-order valence-electron chi connectivity index (χ1n) is 24.7. The monoisotopic (exact) mass is 935 g/mol. The van der Waals surface area contributed by atoms with Gasteiger partial charge in [-0.3, -0.25) is 0 Å². The lowest BCUT2D eigenvalue weighted by molar-refractivity contribution is 0.436. The highest BCUT2D eigenvalue weighted by Crippen LogP contribution is 2.66. The Labute approximate surface area is 421 Å². The van der Waals surface area contributed by atoms with Crippen molar-refractivity contribution in [2.24, 2.45) is 0 Å². The highest BCUT2D eigenvalue weighted by atomic mass is 32.2. The molecule has 0 unspecified atom stereocenters. The number of rotatable bonds is 4. The van der Waals surface area contributed by atoms with Gasteiger partial charge in [-0.25, -0.2) is 0 Å². The van der Waals surface area contributed by atoms with E-state index in [-0.39, 0.29) is 0 Å². The van der Waals surface area contributed by atoms with Crippen molar-refractivity contribution in [3.8, 4) is 44.9 Å². The van der Waals surface area contributed by atoms with Crippen LogP contribution in [-0.4, -0.2) is 0 Å². The summed E-state index contributed by atoms with van der Waals surface area (Å²) in [5.41, 5.74) is 21.3. The van der Waals surface area contributed by atoms with Crippen molar-refractivity contribution in [1.82, 2.24) is 0 Å². The summed E-state index contributed by atoms with van der Waals surface area (Å²) in [6.45, 7) is 0. The minimum atomic E-state index is -0.613. The van der Waals surface area contributed by atoms with Crippen LogP contribution in [0.5, 0.6) is 11.5 Å². The Hall–Kier alpha value is -8.83. The number of hydrogen-bond donors (Lipinski definition) is 0. The lowest BCUT2D eigenvalue weighted by atomic mass is 9.66. The van der Waals surface area contributed by atoms with Gasteiger partial charge in [-0.05, 0) is 128 Å². The van der Waals surface area contributed by atoms with Crippen LogP contribution < -0.4 is 9.64 Å². The molecule has 1 aromatic heterocycles. The number of fused-ring (bicyclic) bond motifs is 21. The fraction of sp³-hybridized carbons (Fsp3) is 0.0294. The van der Waals surface area contributed by atoms with Crippen LogP contribution in [0.1, 0.15) is 44.5 Å². The van der Waals surface area contributed by atoms with E-state index < -0.39 is 10.8 Å². The minimum Gasteiger partial charge on any atom is -0.457 e. The molecular formula is C68H41NO2S. The van der Waals surface area contributed by atoms with Gasteiger partial charge in [-0.1, -0.05) is 194 Å². The molecule has 12 aromatic rings. The highest BCUT2D eigenvalue weighted by Gasteiger charge is 2.53. The molecule has 0 radical (unpaired) electrons. The molecule has 16 rings (SSSR count). The topological polar surface area (TPSA) is 25.6 Å². The predicted molar refractivity (Wildman–Crippen MR) is 293 cm³/mol. The fourth-order valence-electron chi connectivity index (χ4n) is 13.3. The summed E-state index contributed by atoms with van der Waals surface area (Å²) in [6.07, 6.45) is 0. The van der Waals surface area contributed by atoms with Crippen LogP contribution in [0.15, 0.2) is 263 Å². The summed E-state index contributed by atoms with van der Waals surface area (Å²) in [6, 6.07) is 91.6. The van der Waals surface area contributed by atoms with Gasteiger partial charge in [0.2, 0.25) is 0 Å². The van der Waals surface area contributed by atoms with Crippen LogP contribution in [0.2, 0.25) is 0 Å². The van der Waals surface area contributed by atoms with Gasteiger partial charge in [0.25, 0.3) is 0 Å². The molecule has 0 atom stereocenters. The van der Waals surface area contributed by atoms with Crippen LogP contribution >= 0.6 is 11.8 Å². The van der Waals surface area contributed by atoms with E-state index in [1.54, 1.807) is 0 Å². The van der Waals surface area contributed by atoms with E-state index in [0.29, 0.717) is 0 Å². The van der Waals surface area contributed by atoms with E-state index in [1.807, 2.05) is 17.8 Å². The highest BCUT2D eigenvalue weighted by molar-refractivity contribution is 7.99. The molecule has 3 heterocycles. The van der Waals surface area contributed by atoms with Crippen LogP contribution in [0.4, 0.5) is 17.1 Å². The number of ether oxygens (including phenoxy) is 1. The van der Waals surface area contributed by atoms with Gasteiger partial charge >= 0.3 is 0 Å². The molecule has 0 saturated carbocycles. The molecule has 0 saturated heterocycles. The minimum absolute atomic E-state index is 0.475. The van der Waals surface area contributed by atoms with Crippen molar-refractivity contribution in [3.63, 3.8) is 0 Å². The Morgan fingerprint density at radius 1 is 0.347 bits per heavy atom. The molecule has 0 fully saturated rings. The molecule has 11 aromatic carbocycles. The van der Waals surface area contributed by atoms with E-state index in [4.69, 9.17) is 9.15 Å². The van der Waals surface area contributed by atoms with E-state index in [2.05, 4.69) is 248 Å². The molecule has 0 N–H and O–H groups in total. The third kappa shape index (κ3) is 5.16. The van der Waals surface area contributed by atoms with Gasteiger partial charge in [0.15, 0.2) is 0 Å². The first-order chi connectivity index (χ1) is 35.7. The second-order valence-corrected chi connectivity index (χ2v) is 20.5. The Kier molecular flexibility index (Phi) is 8.24. The van der Waals surface area contributed by atoms with Gasteiger partial charge in [0.05, 0.1) is 16.5 Å². The van der Waals surface area contributed by atoms with Crippen molar-refractivity contribution in [2.45, 2.75) is 20.6 Å². The van der Waals surface area contributed by atoms with Gasteiger partial charge in [-0.15, -0.1) is 0 Å². The molecule has 3 nitrogen and oxygen atoms in total. The van der Waals surface area contributed by atoms with Crippen molar-refractivity contribution < 1.29 is 9.15 Å². The van der Waals surface area contributed by atoms with Crippen LogP contribution in [0.25, 0.3) is 55.3 Å². The Morgan fingerprint density at radius 3 is 1.60 bits per heavy atom. The largest absolute Gasteiger partial charge is 0.457 e. The standard InChI is InChI=1S/C68H41NO2S/c1-4-21-50-46(17-1)49-41-44(39-40-52(49)67(50)55-25-8-13-33-63(55)72-64-34-14-9-26-56(64)67)69(43-37-35-42(36-38-43)45-20-15-32-62-65(45)48-19-3-10-29-59(48)70-62)58-28-16-27-57-66(58)47-18-2-5-22-51(47)68(57)53-23-6-11-30-60(53)71-61-31-12-7-24-54(61)68/h1-41H. The van der Waals surface area contributed by atoms with Gasteiger partial charge in [-0.2, -0.15) is 0 Å². The molecule has 336 valence electrons. The lowest BCUT2D eigenvalue weighted by Gasteiger charge is -2.40. The first kappa shape index (κ1) is 40.0. The number of benzene rings is 11. The van der Waals surface area contributed by atoms with Crippen LogP contribution in [0, 0.1) is 0 Å². The van der Waals surface area contributed by atoms with Crippen molar-refractivity contribution in [1.29, 1.82) is 0 Å². The molecule has 0 bridgehead atoms. The maximum atomic E-state index is 6.75. The normalized spacial score (nSPS) is 14.4. The summed E-state index contributed by atoms with van der Waals surface area (Å²) >= 11 is 1.88. The number of para-hydroxylation sites is 3. The van der Waals surface area contributed by atoms with Crippen LogP contribution in [-0.2, 0) is 10.8 Å². The molecule has 2 aliphatic carbocycles. The van der Waals surface area contributed by atoms with E-state index in [9.17, 15) is 0 Å². The SMILES string of the molecule is c1ccc2c(c1)Oc1ccccc1C21c2ccccc2-c2c(N(c3ccc(-c4cccc5oc6ccccc6c45)cc3)c3ccc4c(c3)-c3ccccc3C43c4ccccc4Sc4ccccc43)cccc21. The smallest absolute Gasteiger partial charge is 0.136 e. The summed E-state index contributed by atoms with van der Waals surface area (Å²) in [4.78, 5) is 5.11. The average molecular weight is 936 g/mol. The Morgan fingerprint density at radius 2 is 0.861 bits per heavy atom. The number of anilines is 3. The van der Waals surface area contributed by atoms with E-state index in [0.717, 1.165) is 72.8 Å². The zero-order chi connectivity index (χ0) is 47.1. The molecule has 72 heavy (non-hydrogen) atoms. The average Bonchev–Trinajstić information content (AvgIpc) is 4.07. The number of hydrogen-bond acceptors (Lipinski definition) is 4. The molecular weight excluding hydrogens is 895 g/mol. The fourth-order valence-corrected chi connectivity index (χ4v) is 14.5. The second-order valence-electron chi connectivity index (χ2n) is 19.4. The maximum absolute atomic E-state index is 6.75. The van der Waals surface area contributed by atoms with Gasteiger partial charge < -0.3 is 14.1 Å². The summed E-state index contributed by atoms with van der Waals surface area (Å²) in [5, 5.41) is 2.25. The number of nitrogens with zero attached hydrogens (tertiary/aromatic N) is 1. The molecule has 2 aliphatic heterocycles.